The SMILES string of the molecule is O=C(CSc1nnc(-c2cccc3ccccc23)o1)Nc1ccc(-c2ccc([N+](=O)[O-])cc2)cc1. The van der Waals surface area contributed by atoms with Gasteiger partial charge >= 0.3 is 0 Å². The highest BCUT2D eigenvalue weighted by molar-refractivity contribution is 7.99. The molecule has 0 aliphatic heterocycles. The average molecular weight is 483 g/mol. The van der Waals surface area contributed by atoms with Gasteiger partial charge in [0.25, 0.3) is 10.9 Å². The summed E-state index contributed by atoms with van der Waals surface area (Å²) in [5, 5.41) is 24.3. The Morgan fingerprint density at radius 2 is 1.57 bits per heavy atom. The fraction of sp³-hybridized carbons (Fsp3) is 0.0385. The Balaban J connectivity index is 1.19. The van der Waals surface area contributed by atoms with Crippen molar-refractivity contribution in [2.75, 3.05) is 11.1 Å². The van der Waals surface area contributed by atoms with Gasteiger partial charge in [0.2, 0.25) is 11.8 Å². The number of anilines is 1. The zero-order valence-electron chi connectivity index (χ0n) is 18.3. The first kappa shape index (κ1) is 22.3. The second-order valence-corrected chi connectivity index (χ2v) is 8.54. The summed E-state index contributed by atoms with van der Waals surface area (Å²) >= 11 is 1.16. The Morgan fingerprint density at radius 3 is 2.31 bits per heavy atom. The summed E-state index contributed by atoms with van der Waals surface area (Å²) in [6, 6.07) is 27.4. The lowest BCUT2D eigenvalue weighted by atomic mass is 10.0. The zero-order valence-corrected chi connectivity index (χ0v) is 19.1. The predicted octanol–water partition coefficient (Wildman–Crippen LogP) is 6.20. The van der Waals surface area contributed by atoms with E-state index in [1.807, 2.05) is 54.6 Å². The van der Waals surface area contributed by atoms with Crippen molar-refractivity contribution in [3.05, 3.63) is 101 Å². The first-order valence-corrected chi connectivity index (χ1v) is 11.6. The maximum absolute atomic E-state index is 12.4. The highest BCUT2D eigenvalue weighted by atomic mass is 32.2. The number of carbonyl (C=O) groups is 1. The first-order valence-electron chi connectivity index (χ1n) is 10.7. The van der Waals surface area contributed by atoms with Crippen molar-refractivity contribution in [1.82, 2.24) is 10.2 Å². The molecule has 0 radical (unpaired) electrons. The molecule has 172 valence electrons. The molecule has 5 aromatic rings. The molecule has 5 rings (SSSR count). The summed E-state index contributed by atoms with van der Waals surface area (Å²) in [7, 11) is 0. The van der Waals surface area contributed by atoms with Crippen LogP contribution in [0.4, 0.5) is 11.4 Å². The van der Waals surface area contributed by atoms with Gasteiger partial charge in [0.15, 0.2) is 0 Å². The largest absolute Gasteiger partial charge is 0.411 e. The monoisotopic (exact) mass is 482 g/mol. The fourth-order valence-corrected chi connectivity index (χ4v) is 4.20. The molecule has 0 fully saturated rings. The smallest absolute Gasteiger partial charge is 0.277 e. The quantitative estimate of drug-likeness (QED) is 0.167. The average Bonchev–Trinajstić information content (AvgIpc) is 3.36. The maximum Gasteiger partial charge on any atom is 0.277 e. The number of fused-ring (bicyclic) bond motifs is 1. The van der Waals surface area contributed by atoms with Crippen molar-refractivity contribution in [2.24, 2.45) is 0 Å². The van der Waals surface area contributed by atoms with Gasteiger partial charge in [-0.3, -0.25) is 14.9 Å². The van der Waals surface area contributed by atoms with Crippen molar-refractivity contribution < 1.29 is 14.1 Å². The second kappa shape index (κ2) is 9.78. The minimum Gasteiger partial charge on any atom is -0.411 e. The number of carbonyl (C=O) groups excluding carboxylic acids is 1. The number of nitrogens with zero attached hydrogens (tertiary/aromatic N) is 3. The van der Waals surface area contributed by atoms with E-state index in [4.69, 9.17) is 4.42 Å². The molecule has 0 aliphatic rings. The molecule has 0 saturated heterocycles. The summed E-state index contributed by atoms with van der Waals surface area (Å²) < 4.78 is 5.78. The summed E-state index contributed by atoms with van der Waals surface area (Å²) in [6.45, 7) is 0. The minimum absolute atomic E-state index is 0.0422. The summed E-state index contributed by atoms with van der Waals surface area (Å²) in [5.74, 6) is 0.316. The number of hydrogen-bond donors (Lipinski definition) is 1. The molecule has 0 bridgehead atoms. The molecule has 4 aromatic carbocycles. The number of rotatable bonds is 7. The van der Waals surface area contributed by atoms with Gasteiger partial charge in [-0.1, -0.05) is 60.3 Å². The third-order valence-electron chi connectivity index (χ3n) is 5.33. The number of benzene rings is 4. The molecule has 0 aliphatic carbocycles. The number of thioether (sulfide) groups is 1. The highest BCUT2D eigenvalue weighted by Crippen LogP contribution is 2.30. The number of non-ortho nitro benzene ring substituents is 1. The topological polar surface area (TPSA) is 111 Å². The molecule has 1 heterocycles. The van der Waals surface area contributed by atoms with Crippen LogP contribution in [-0.4, -0.2) is 26.8 Å². The van der Waals surface area contributed by atoms with E-state index in [0.29, 0.717) is 16.8 Å². The van der Waals surface area contributed by atoms with E-state index < -0.39 is 4.92 Å². The zero-order chi connectivity index (χ0) is 24.2. The molecular weight excluding hydrogens is 464 g/mol. The lowest BCUT2D eigenvalue weighted by Gasteiger charge is -2.06. The number of aromatic nitrogens is 2. The van der Waals surface area contributed by atoms with Gasteiger partial charge in [-0.05, 0) is 52.2 Å². The second-order valence-electron chi connectivity index (χ2n) is 7.62. The van der Waals surface area contributed by atoms with Gasteiger partial charge in [-0.25, -0.2) is 0 Å². The first-order chi connectivity index (χ1) is 17.1. The summed E-state index contributed by atoms with van der Waals surface area (Å²) in [5.41, 5.74) is 3.27. The molecule has 0 spiro atoms. The minimum atomic E-state index is -0.431. The third-order valence-corrected chi connectivity index (χ3v) is 6.15. The molecule has 0 atom stereocenters. The van der Waals surface area contributed by atoms with Gasteiger partial charge in [0, 0.05) is 23.4 Å². The Morgan fingerprint density at radius 1 is 0.886 bits per heavy atom. The Bertz CT molecular complexity index is 1510. The van der Waals surface area contributed by atoms with E-state index in [0.717, 1.165) is 39.2 Å². The molecule has 0 saturated carbocycles. The third kappa shape index (κ3) is 5.04. The Hall–Kier alpha value is -4.50. The fourth-order valence-electron chi connectivity index (χ4n) is 3.63. The molecule has 9 heteroatoms. The van der Waals surface area contributed by atoms with Crippen LogP contribution < -0.4 is 5.32 Å². The Kier molecular flexibility index (Phi) is 6.23. The van der Waals surface area contributed by atoms with Gasteiger partial charge in [0.1, 0.15) is 0 Å². The van der Waals surface area contributed by atoms with E-state index in [-0.39, 0.29) is 17.3 Å². The van der Waals surface area contributed by atoms with Crippen LogP contribution in [0.2, 0.25) is 0 Å². The Labute approximate surface area is 204 Å². The summed E-state index contributed by atoms with van der Waals surface area (Å²) in [6.07, 6.45) is 0. The van der Waals surface area contributed by atoms with Crippen molar-refractivity contribution in [1.29, 1.82) is 0 Å². The molecule has 35 heavy (non-hydrogen) atoms. The van der Waals surface area contributed by atoms with Crippen LogP contribution in [-0.2, 0) is 4.79 Å². The molecule has 1 N–H and O–H groups in total. The van der Waals surface area contributed by atoms with E-state index >= 15 is 0 Å². The molecule has 1 aromatic heterocycles. The number of hydrogen-bond acceptors (Lipinski definition) is 7. The van der Waals surface area contributed by atoms with Crippen LogP contribution in [0.15, 0.2) is 101 Å². The van der Waals surface area contributed by atoms with E-state index in [9.17, 15) is 14.9 Å². The van der Waals surface area contributed by atoms with Crippen LogP contribution in [0, 0.1) is 10.1 Å². The van der Waals surface area contributed by atoms with Gasteiger partial charge in [0.05, 0.1) is 10.7 Å². The van der Waals surface area contributed by atoms with Crippen LogP contribution in [0.25, 0.3) is 33.4 Å². The standard InChI is InChI=1S/C26H18N4O4S/c31-24(27-20-12-8-17(9-13-20)18-10-14-21(15-11-18)30(32)33)16-35-26-29-28-25(34-26)23-7-3-5-19-4-1-2-6-22(19)23/h1-15H,16H2,(H,27,31). The number of nitro groups is 1. The van der Waals surface area contributed by atoms with Crippen LogP contribution in [0.5, 0.6) is 0 Å². The van der Waals surface area contributed by atoms with E-state index in [2.05, 4.69) is 15.5 Å². The van der Waals surface area contributed by atoms with Crippen molar-refractivity contribution in [2.45, 2.75) is 5.22 Å². The molecular formula is C26H18N4O4S. The van der Waals surface area contributed by atoms with Crippen molar-refractivity contribution >= 4 is 39.8 Å². The van der Waals surface area contributed by atoms with E-state index in [1.165, 1.54) is 12.1 Å². The normalized spacial score (nSPS) is 10.9. The van der Waals surface area contributed by atoms with Crippen molar-refractivity contribution in [3.8, 4) is 22.6 Å². The molecule has 8 nitrogen and oxygen atoms in total. The lowest BCUT2D eigenvalue weighted by molar-refractivity contribution is -0.384. The number of amides is 1. The number of nitro benzene ring substituents is 1. The predicted molar refractivity (Wildman–Crippen MR) is 135 cm³/mol. The maximum atomic E-state index is 12.4. The summed E-state index contributed by atoms with van der Waals surface area (Å²) in [4.78, 5) is 22.8. The number of nitrogens with one attached hydrogen (secondary N) is 1. The highest BCUT2D eigenvalue weighted by Gasteiger charge is 2.14. The van der Waals surface area contributed by atoms with Crippen LogP contribution in [0.1, 0.15) is 0 Å². The van der Waals surface area contributed by atoms with Gasteiger partial charge < -0.3 is 9.73 Å². The van der Waals surface area contributed by atoms with Gasteiger partial charge in [-0.15, -0.1) is 10.2 Å². The molecule has 0 unspecified atom stereocenters. The van der Waals surface area contributed by atoms with E-state index in [1.54, 1.807) is 24.3 Å². The van der Waals surface area contributed by atoms with Crippen LogP contribution >= 0.6 is 11.8 Å². The lowest BCUT2D eigenvalue weighted by Crippen LogP contribution is -2.13. The van der Waals surface area contributed by atoms with Crippen LogP contribution in [0.3, 0.4) is 0 Å². The van der Waals surface area contributed by atoms with Crippen molar-refractivity contribution in [3.63, 3.8) is 0 Å². The van der Waals surface area contributed by atoms with Gasteiger partial charge in [-0.2, -0.15) is 0 Å². The molecule has 1 amide bonds.